The van der Waals surface area contributed by atoms with Crippen LogP contribution in [0.3, 0.4) is 0 Å². The molecular weight excluding hydrogens is 234 g/mol. The Morgan fingerprint density at radius 1 is 1.44 bits per heavy atom. The quantitative estimate of drug-likeness (QED) is 0.616. The fraction of sp³-hybridized carbons (Fsp3) is 0.231. The second kappa shape index (κ2) is 7.11. The Morgan fingerprint density at radius 2 is 2.22 bits per heavy atom. The van der Waals surface area contributed by atoms with Crippen LogP contribution in [-0.4, -0.2) is 25.6 Å². The summed E-state index contributed by atoms with van der Waals surface area (Å²) < 4.78 is 9.65. The molecule has 0 radical (unpaired) electrons. The minimum Gasteiger partial charge on any atom is -0.482 e. The SMILES string of the molecule is C=CCC(=O)Nc1cccc(OCC(=O)OC)c1. The summed E-state index contributed by atoms with van der Waals surface area (Å²) in [6.07, 6.45) is 1.76. The van der Waals surface area contributed by atoms with Gasteiger partial charge in [0.25, 0.3) is 0 Å². The fourth-order valence-corrected chi connectivity index (χ4v) is 1.21. The molecule has 0 spiro atoms. The third-order valence-corrected chi connectivity index (χ3v) is 2.03. The van der Waals surface area contributed by atoms with E-state index in [2.05, 4.69) is 16.6 Å². The standard InChI is InChI=1S/C13H15NO4/c1-3-5-12(15)14-10-6-4-7-11(8-10)18-9-13(16)17-2/h3-4,6-8H,1,5,9H2,2H3,(H,14,15). The number of carbonyl (C=O) groups excluding carboxylic acids is 2. The zero-order valence-corrected chi connectivity index (χ0v) is 10.1. The Kier molecular flexibility index (Phi) is 5.44. The molecule has 1 aromatic carbocycles. The van der Waals surface area contributed by atoms with Gasteiger partial charge in [-0.1, -0.05) is 12.1 Å². The molecule has 0 atom stereocenters. The monoisotopic (exact) mass is 249 g/mol. The number of benzene rings is 1. The Morgan fingerprint density at radius 3 is 2.89 bits per heavy atom. The third kappa shape index (κ3) is 4.69. The van der Waals surface area contributed by atoms with Crippen molar-refractivity contribution in [2.75, 3.05) is 19.0 Å². The maximum Gasteiger partial charge on any atom is 0.343 e. The normalized spacial score (nSPS) is 9.39. The highest BCUT2D eigenvalue weighted by atomic mass is 16.6. The lowest BCUT2D eigenvalue weighted by Gasteiger charge is -2.07. The lowest BCUT2D eigenvalue weighted by Crippen LogP contribution is -2.13. The highest BCUT2D eigenvalue weighted by Gasteiger charge is 2.04. The molecule has 0 unspecified atom stereocenters. The summed E-state index contributed by atoms with van der Waals surface area (Å²) in [4.78, 5) is 22.2. The Hall–Kier alpha value is -2.30. The van der Waals surface area contributed by atoms with E-state index < -0.39 is 5.97 Å². The van der Waals surface area contributed by atoms with Crippen LogP contribution in [0.1, 0.15) is 6.42 Å². The molecule has 1 amide bonds. The third-order valence-electron chi connectivity index (χ3n) is 2.03. The van der Waals surface area contributed by atoms with E-state index in [4.69, 9.17) is 4.74 Å². The molecular formula is C13H15NO4. The van der Waals surface area contributed by atoms with Crippen LogP contribution >= 0.6 is 0 Å². The van der Waals surface area contributed by atoms with E-state index in [0.29, 0.717) is 11.4 Å². The first-order valence-corrected chi connectivity index (χ1v) is 5.36. The van der Waals surface area contributed by atoms with Gasteiger partial charge in [-0.05, 0) is 12.1 Å². The number of hydrogen-bond donors (Lipinski definition) is 1. The second-order valence-corrected chi connectivity index (χ2v) is 3.43. The summed E-state index contributed by atoms with van der Waals surface area (Å²) in [6, 6.07) is 6.76. The predicted molar refractivity (Wildman–Crippen MR) is 67.4 cm³/mol. The maximum absolute atomic E-state index is 11.3. The van der Waals surface area contributed by atoms with Gasteiger partial charge >= 0.3 is 5.97 Å². The smallest absolute Gasteiger partial charge is 0.343 e. The summed E-state index contributed by atoms with van der Waals surface area (Å²) in [5.74, 6) is -0.136. The highest BCUT2D eigenvalue weighted by molar-refractivity contribution is 5.91. The molecule has 1 aromatic rings. The van der Waals surface area contributed by atoms with Crippen LogP contribution in [0.15, 0.2) is 36.9 Å². The van der Waals surface area contributed by atoms with Gasteiger partial charge in [-0.25, -0.2) is 4.79 Å². The van der Waals surface area contributed by atoms with E-state index in [1.807, 2.05) is 0 Å². The number of nitrogens with one attached hydrogen (secondary N) is 1. The second-order valence-electron chi connectivity index (χ2n) is 3.43. The first kappa shape index (κ1) is 13.8. The molecule has 0 aliphatic heterocycles. The van der Waals surface area contributed by atoms with Crippen molar-refractivity contribution in [3.8, 4) is 5.75 Å². The lowest BCUT2D eigenvalue weighted by atomic mass is 10.3. The molecule has 5 nitrogen and oxygen atoms in total. The molecule has 1 rings (SSSR count). The number of methoxy groups -OCH3 is 1. The van der Waals surface area contributed by atoms with Crippen molar-refractivity contribution >= 4 is 17.6 Å². The fourth-order valence-electron chi connectivity index (χ4n) is 1.21. The first-order valence-electron chi connectivity index (χ1n) is 5.36. The van der Waals surface area contributed by atoms with Crippen molar-refractivity contribution in [3.63, 3.8) is 0 Å². The van der Waals surface area contributed by atoms with Crippen LogP contribution in [0, 0.1) is 0 Å². The molecule has 0 aliphatic rings. The van der Waals surface area contributed by atoms with Gasteiger partial charge in [0, 0.05) is 18.2 Å². The van der Waals surface area contributed by atoms with Crippen molar-refractivity contribution in [2.45, 2.75) is 6.42 Å². The molecule has 0 saturated heterocycles. The van der Waals surface area contributed by atoms with Crippen molar-refractivity contribution in [2.24, 2.45) is 0 Å². The number of esters is 1. The topological polar surface area (TPSA) is 64.6 Å². The number of ether oxygens (including phenoxy) is 2. The zero-order valence-electron chi connectivity index (χ0n) is 10.1. The molecule has 0 saturated carbocycles. The summed E-state index contributed by atoms with van der Waals surface area (Å²) in [6.45, 7) is 3.32. The Balaban J connectivity index is 2.58. The molecule has 0 aliphatic carbocycles. The van der Waals surface area contributed by atoms with Gasteiger partial charge in [0.05, 0.1) is 7.11 Å². The molecule has 96 valence electrons. The van der Waals surface area contributed by atoms with E-state index in [0.717, 1.165) is 0 Å². The van der Waals surface area contributed by atoms with Crippen molar-refractivity contribution in [1.82, 2.24) is 0 Å². The summed E-state index contributed by atoms with van der Waals surface area (Å²) in [5, 5.41) is 2.68. The molecule has 5 heteroatoms. The summed E-state index contributed by atoms with van der Waals surface area (Å²) in [5.41, 5.74) is 0.601. The minimum atomic E-state index is -0.462. The highest BCUT2D eigenvalue weighted by Crippen LogP contribution is 2.17. The predicted octanol–water partition coefficient (Wildman–Crippen LogP) is 1.75. The van der Waals surface area contributed by atoms with Crippen LogP contribution in [0.25, 0.3) is 0 Å². The number of amides is 1. The number of carbonyl (C=O) groups is 2. The molecule has 0 bridgehead atoms. The molecule has 0 heterocycles. The van der Waals surface area contributed by atoms with Gasteiger partial charge in [-0.15, -0.1) is 6.58 Å². The Bertz CT molecular complexity index is 442. The van der Waals surface area contributed by atoms with Crippen LogP contribution in [0.5, 0.6) is 5.75 Å². The molecule has 0 aromatic heterocycles. The maximum atomic E-state index is 11.3. The average Bonchev–Trinajstić information content (AvgIpc) is 2.36. The van der Waals surface area contributed by atoms with Gasteiger partial charge in [-0.2, -0.15) is 0 Å². The number of hydrogen-bond acceptors (Lipinski definition) is 4. The van der Waals surface area contributed by atoms with Crippen LogP contribution < -0.4 is 10.1 Å². The molecule has 1 N–H and O–H groups in total. The van der Waals surface area contributed by atoms with Crippen molar-refractivity contribution < 1.29 is 19.1 Å². The van der Waals surface area contributed by atoms with E-state index in [-0.39, 0.29) is 18.9 Å². The van der Waals surface area contributed by atoms with E-state index >= 15 is 0 Å². The number of anilines is 1. The molecule has 0 fully saturated rings. The average molecular weight is 249 g/mol. The molecule has 18 heavy (non-hydrogen) atoms. The summed E-state index contributed by atoms with van der Waals surface area (Å²) in [7, 11) is 1.29. The zero-order chi connectivity index (χ0) is 13.4. The van der Waals surface area contributed by atoms with Gasteiger partial charge in [0.15, 0.2) is 6.61 Å². The van der Waals surface area contributed by atoms with Crippen molar-refractivity contribution in [3.05, 3.63) is 36.9 Å². The minimum absolute atomic E-state index is 0.157. The summed E-state index contributed by atoms with van der Waals surface area (Å²) >= 11 is 0. The van der Waals surface area contributed by atoms with E-state index in [1.54, 1.807) is 24.3 Å². The van der Waals surface area contributed by atoms with Gasteiger partial charge < -0.3 is 14.8 Å². The van der Waals surface area contributed by atoms with Crippen LogP contribution in [-0.2, 0) is 14.3 Å². The van der Waals surface area contributed by atoms with Gasteiger partial charge in [0.1, 0.15) is 5.75 Å². The lowest BCUT2D eigenvalue weighted by molar-refractivity contribution is -0.142. The number of rotatable bonds is 6. The first-order chi connectivity index (χ1) is 8.65. The van der Waals surface area contributed by atoms with E-state index in [1.165, 1.54) is 13.2 Å². The van der Waals surface area contributed by atoms with Crippen molar-refractivity contribution in [1.29, 1.82) is 0 Å². The van der Waals surface area contributed by atoms with Crippen LogP contribution in [0.2, 0.25) is 0 Å². The Labute approximate surface area is 105 Å². The van der Waals surface area contributed by atoms with E-state index in [9.17, 15) is 9.59 Å². The largest absolute Gasteiger partial charge is 0.482 e. The van der Waals surface area contributed by atoms with Crippen LogP contribution in [0.4, 0.5) is 5.69 Å². The van der Waals surface area contributed by atoms with Gasteiger partial charge in [0.2, 0.25) is 5.91 Å². The van der Waals surface area contributed by atoms with Gasteiger partial charge in [-0.3, -0.25) is 4.79 Å².